The standard InChI is InChI=1S/C17H26F2N2/c1-4-17(2,21-8-6-5-7-9-21)16(20-3)13-10-14(18)12-15(19)11-13/h10-12,16,20H,4-9H2,1-3H3. The molecule has 4 heteroatoms. The highest BCUT2D eigenvalue weighted by Gasteiger charge is 2.39. The number of benzene rings is 1. The number of hydrogen-bond acceptors (Lipinski definition) is 2. The molecule has 0 aromatic heterocycles. The van der Waals surface area contributed by atoms with E-state index >= 15 is 0 Å². The van der Waals surface area contributed by atoms with Crippen molar-refractivity contribution in [3.63, 3.8) is 0 Å². The molecule has 21 heavy (non-hydrogen) atoms. The van der Waals surface area contributed by atoms with E-state index in [9.17, 15) is 8.78 Å². The second kappa shape index (κ2) is 6.84. The van der Waals surface area contributed by atoms with Crippen LogP contribution in [0.5, 0.6) is 0 Å². The predicted molar refractivity (Wildman–Crippen MR) is 82.3 cm³/mol. The van der Waals surface area contributed by atoms with Crippen LogP contribution < -0.4 is 5.32 Å². The van der Waals surface area contributed by atoms with E-state index in [1.807, 2.05) is 7.05 Å². The lowest BCUT2D eigenvalue weighted by Crippen LogP contribution is -2.55. The van der Waals surface area contributed by atoms with Gasteiger partial charge in [-0.15, -0.1) is 0 Å². The van der Waals surface area contributed by atoms with Crippen LogP contribution >= 0.6 is 0 Å². The van der Waals surface area contributed by atoms with Gasteiger partial charge in [-0.2, -0.15) is 0 Å². The Bertz CT molecular complexity index is 452. The van der Waals surface area contributed by atoms with Gasteiger partial charge in [-0.05, 0) is 64.0 Å². The maximum absolute atomic E-state index is 13.6. The molecule has 1 saturated heterocycles. The highest BCUT2D eigenvalue weighted by molar-refractivity contribution is 5.25. The summed E-state index contributed by atoms with van der Waals surface area (Å²) in [6.07, 6.45) is 4.60. The predicted octanol–water partition coefficient (Wildman–Crippen LogP) is 3.88. The molecule has 2 nitrogen and oxygen atoms in total. The van der Waals surface area contributed by atoms with Gasteiger partial charge >= 0.3 is 0 Å². The number of halogens is 2. The molecular formula is C17H26F2N2. The molecule has 0 amide bonds. The molecule has 0 radical (unpaired) electrons. The quantitative estimate of drug-likeness (QED) is 0.887. The number of likely N-dealkylation sites (tertiary alicyclic amines) is 1. The summed E-state index contributed by atoms with van der Waals surface area (Å²) in [5.74, 6) is -1.02. The topological polar surface area (TPSA) is 15.3 Å². The Kier molecular flexibility index (Phi) is 5.33. The van der Waals surface area contributed by atoms with Gasteiger partial charge in [0, 0.05) is 11.6 Å². The number of likely N-dealkylation sites (N-methyl/N-ethyl adjacent to an activating group) is 1. The molecule has 118 valence electrons. The molecule has 1 fully saturated rings. The lowest BCUT2D eigenvalue weighted by atomic mass is 9.81. The summed E-state index contributed by atoms with van der Waals surface area (Å²) >= 11 is 0. The molecule has 2 rings (SSSR count). The first kappa shape index (κ1) is 16.4. The van der Waals surface area contributed by atoms with Gasteiger partial charge in [-0.1, -0.05) is 13.3 Å². The summed E-state index contributed by atoms with van der Waals surface area (Å²) in [5.41, 5.74) is 0.542. The van der Waals surface area contributed by atoms with Crippen molar-refractivity contribution in [1.29, 1.82) is 0 Å². The molecule has 2 unspecified atom stereocenters. The third-order valence-electron chi connectivity index (χ3n) is 4.92. The van der Waals surface area contributed by atoms with Crippen molar-refractivity contribution in [2.45, 2.75) is 51.1 Å². The fourth-order valence-electron chi connectivity index (χ4n) is 3.59. The zero-order valence-electron chi connectivity index (χ0n) is 13.3. The summed E-state index contributed by atoms with van der Waals surface area (Å²) in [6, 6.07) is 3.73. The normalized spacial score (nSPS) is 21.0. The molecule has 0 aliphatic carbocycles. The van der Waals surface area contributed by atoms with Crippen LogP contribution in [0.3, 0.4) is 0 Å². The lowest BCUT2D eigenvalue weighted by molar-refractivity contribution is 0.0446. The first-order valence-corrected chi connectivity index (χ1v) is 7.89. The van der Waals surface area contributed by atoms with E-state index in [1.54, 1.807) is 0 Å². The Balaban J connectivity index is 2.35. The van der Waals surface area contributed by atoms with Gasteiger partial charge in [0.25, 0.3) is 0 Å². The Morgan fingerprint density at radius 1 is 1.14 bits per heavy atom. The van der Waals surface area contributed by atoms with Crippen LogP contribution in [0.15, 0.2) is 18.2 Å². The van der Waals surface area contributed by atoms with Crippen molar-refractivity contribution < 1.29 is 8.78 Å². The zero-order chi connectivity index (χ0) is 15.5. The van der Waals surface area contributed by atoms with E-state index in [0.29, 0.717) is 5.56 Å². The minimum absolute atomic E-state index is 0.0919. The Morgan fingerprint density at radius 3 is 2.19 bits per heavy atom. The number of nitrogens with zero attached hydrogens (tertiary/aromatic N) is 1. The SMILES string of the molecule is CCC(C)(C(NC)c1cc(F)cc(F)c1)N1CCCCC1. The maximum Gasteiger partial charge on any atom is 0.126 e. The minimum Gasteiger partial charge on any atom is -0.311 e. The second-order valence-electron chi connectivity index (χ2n) is 6.18. The Hall–Kier alpha value is -1.00. The second-order valence-corrected chi connectivity index (χ2v) is 6.18. The molecule has 0 spiro atoms. The van der Waals surface area contributed by atoms with Gasteiger partial charge in [0.1, 0.15) is 11.6 Å². The summed E-state index contributed by atoms with van der Waals surface area (Å²) in [7, 11) is 1.87. The summed E-state index contributed by atoms with van der Waals surface area (Å²) in [4.78, 5) is 2.47. The van der Waals surface area contributed by atoms with Crippen molar-refractivity contribution in [3.05, 3.63) is 35.4 Å². The van der Waals surface area contributed by atoms with E-state index in [2.05, 4.69) is 24.1 Å². The smallest absolute Gasteiger partial charge is 0.126 e. The van der Waals surface area contributed by atoms with Gasteiger partial charge < -0.3 is 5.32 Å². The molecule has 1 aliphatic heterocycles. The van der Waals surface area contributed by atoms with E-state index in [4.69, 9.17) is 0 Å². The van der Waals surface area contributed by atoms with Crippen molar-refractivity contribution in [2.24, 2.45) is 0 Å². The van der Waals surface area contributed by atoms with Crippen LogP contribution in [0.2, 0.25) is 0 Å². The molecule has 1 aromatic rings. The summed E-state index contributed by atoms with van der Waals surface area (Å²) in [5, 5.41) is 3.29. The zero-order valence-corrected chi connectivity index (χ0v) is 13.3. The lowest BCUT2D eigenvalue weighted by Gasteiger charge is -2.48. The van der Waals surface area contributed by atoms with Crippen LogP contribution in [-0.4, -0.2) is 30.6 Å². The molecule has 1 aromatic carbocycles. The highest BCUT2D eigenvalue weighted by atomic mass is 19.1. The largest absolute Gasteiger partial charge is 0.311 e. The number of piperidine rings is 1. The van der Waals surface area contributed by atoms with Gasteiger partial charge in [0.15, 0.2) is 0 Å². The summed E-state index contributed by atoms with van der Waals surface area (Å²) in [6.45, 7) is 6.46. The first-order chi connectivity index (χ1) is 10.0. The Morgan fingerprint density at radius 2 is 1.71 bits per heavy atom. The van der Waals surface area contributed by atoms with Crippen molar-refractivity contribution in [2.75, 3.05) is 20.1 Å². The van der Waals surface area contributed by atoms with Gasteiger partial charge in [-0.25, -0.2) is 8.78 Å². The number of hydrogen-bond donors (Lipinski definition) is 1. The molecule has 1 aliphatic rings. The average molecular weight is 296 g/mol. The fourth-order valence-corrected chi connectivity index (χ4v) is 3.59. The van der Waals surface area contributed by atoms with Crippen molar-refractivity contribution in [3.8, 4) is 0 Å². The molecule has 0 saturated carbocycles. The first-order valence-electron chi connectivity index (χ1n) is 7.89. The van der Waals surface area contributed by atoms with Gasteiger partial charge in [0.05, 0.1) is 6.04 Å². The molecular weight excluding hydrogens is 270 g/mol. The third kappa shape index (κ3) is 3.43. The molecule has 1 N–H and O–H groups in total. The van der Waals surface area contributed by atoms with Gasteiger partial charge in [0.2, 0.25) is 0 Å². The highest BCUT2D eigenvalue weighted by Crippen LogP contribution is 2.36. The average Bonchev–Trinajstić information content (AvgIpc) is 2.47. The van der Waals surface area contributed by atoms with Crippen LogP contribution in [-0.2, 0) is 0 Å². The number of nitrogens with one attached hydrogen (secondary N) is 1. The van der Waals surface area contributed by atoms with Crippen LogP contribution in [0.1, 0.15) is 51.1 Å². The number of rotatable bonds is 5. The Labute approximate surface area is 126 Å². The van der Waals surface area contributed by atoms with E-state index in [-0.39, 0.29) is 11.6 Å². The van der Waals surface area contributed by atoms with Gasteiger partial charge in [-0.3, -0.25) is 4.90 Å². The van der Waals surface area contributed by atoms with E-state index < -0.39 is 11.6 Å². The van der Waals surface area contributed by atoms with Crippen LogP contribution in [0.4, 0.5) is 8.78 Å². The van der Waals surface area contributed by atoms with E-state index in [1.165, 1.54) is 31.4 Å². The van der Waals surface area contributed by atoms with E-state index in [0.717, 1.165) is 25.6 Å². The molecule has 2 atom stereocenters. The fraction of sp³-hybridized carbons (Fsp3) is 0.647. The van der Waals surface area contributed by atoms with Crippen LogP contribution in [0, 0.1) is 11.6 Å². The van der Waals surface area contributed by atoms with Crippen molar-refractivity contribution >= 4 is 0 Å². The maximum atomic E-state index is 13.6. The minimum atomic E-state index is -0.512. The van der Waals surface area contributed by atoms with Crippen molar-refractivity contribution in [1.82, 2.24) is 10.2 Å². The van der Waals surface area contributed by atoms with Crippen LogP contribution in [0.25, 0.3) is 0 Å². The third-order valence-corrected chi connectivity index (χ3v) is 4.92. The molecule has 0 bridgehead atoms. The summed E-state index contributed by atoms with van der Waals surface area (Å²) < 4.78 is 27.2. The monoisotopic (exact) mass is 296 g/mol. The molecule has 1 heterocycles.